The topological polar surface area (TPSA) is 0 Å². The average molecular weight is 661 g/mol. The van der Waals surface area contributed by atoms with Gasteiger partial charge in [-0.15, -0.1) is 0 Å². The second kappa shape index (κ2) is 21.0. The summed E-state index contributed by atoms with van der Waals surface area (Å²) in [6.45, 7) is 52.7. The van der Waals surface area contributed by atoms with Crippen molar-refractivity contribution in [3.8, 4) is 0 Å². The summed E-state index contributed by atoms with van der Waals surface area (Å²) >= 11 is 0. The van der Waals surface area contributed by atoms with Gasteiger partial charge in [0.05, 0.1) is 0 Å². The van der Waals surface area contributed by atoms with Gasteiger partial charge in [0.25, 0.3) is 0 Å². The lowest BCUT2D eigenvalue weighted by Gasteiger charge is -2.29. The van der Waals surface area contributed by atoms with Crippen molar-refractivity contribution in [1.82, 2.24) is 0 Å². The van der Waals surface area contributed by atoms with Gasteiger partial charge in [-0.25, -0.2) is 0 Å². The van der Waals surface area contributed by atoms with Crippen LogP contribution < -0.4 is 0 Å². The van der Waals surface area contributed by atoms with Crippen molar-refractivity contribution in [2.75, 3.05) is 0 Å². The second-order valence-corrected chi connectivity index (χ2v) is 18.2. The third-order valence-electron chi connectivity index (χ3n) is 7.75. The molecule has 3 rings (SSSR count). The zero-order valence-electron chi connectivity index (χ0n) is 36.9. The molecule has 0 aliphatic rings. The van der Waals surface area contributed by atoms with Crippen LogP contribution in [0.2, 0.25) is 0 Å². The predicted molar refractivity (Wildman–Crippen MR) is 226 cm³/mol. The summed E-state index contributed by atoms with van der Waals surface area (Å²) in [5.74, 6) is 0. The van der Waals surface area contributed by atoms with E-state index in [9.17, 15) is 0 Å². The Kier molecular flexibility index (Phi) is 21.9. The highest BCUT2D eigenvalue weighted by Crippen LogP contribution is 2.33. The molecule has 0 amide bonds. The van der Waals surface area contributed by atoms with Gasteiger partial charge in [0, 0.05) is 0 Å². The quantitative estimate of drug-likeness (QED) is 0.225. The van der Waals surface area contributed by atoms with E-state index in [0.717, 1.165) is 0 Å². The Bertz CT molecular complexity index is 1130. The largest absolute Gasteiger partial charge is 0.0683 e. The first-order valence-corrected chi connectivity index (χ1v) is 19.0. The third kappa shape index (κ3) is 19.0. The monoisotopic (exact) mass is 661 g/mol. The normalized spacial score (nSPS) is 11.8. The molecule has 0 N–H and O–H groups in total. The lowest BCUT2D eigenvalue weighted by Crippen LogP contribution is -2.21. The summed E-state index contributed by atoms with van der Waals surface area (Å²) in [6.07, 6.45) is 0. The fourth-order valence-electron chi connectivity index (χ4n) is 4.71. The van der Waals surface area contributed by atoms with E-state index in [1.807, 2.05) is 41.5 Å². The van der Waals surface area contributed by atoms with Crippen molar-refractivity contribution in [3.05, 3.63) is 106 Å². The first-order valence-electron chi connectivity index (χ1n) is 19.0. The number of hydrogen-bond acceptors (Lipinski definition) is 0. The Hall–Kier alpha value is -2.34. The minimum atomic E-state index is 0.240. The zero-order chi connectivity index (χ0) is 38.9. The van der Waals surface area contributed by atoms with E-state index in [0.29, 0.717) is 0 Å². The fraction of sp³-hybridized carbons (Fsp3) is 0.625. The summed E-state index contributed by atoms with van der Waals surface area (Å²) in [6, 6.07) is 26.7. The minimum Gasteiger partial charge on any atom is -0.0683 e. The Balaban J connectivity index is -0.000000585. The van der Waals surface area contributed by atoms with Gasteiger partial charge in [-0.05, 0) is 65.9 Å². The molecule has 276 valence electrons. The van der Waals surface area contributed by atoms with Crippen LogP contribution >= 0.6 is 0 Å². The molecule has 0 bridgehead atoms. The first kappa shape index (κ1) is 50.0. The van der Waals surface area contributed by atoms with Crippen molar-refractivity contribution in [2.24, 2.45) is 0 Å². The molecule has 48 heavy (non-hydrogen) atoms. The van der Waals surface area contributed by atoms with E-state index in [1.54, 1.807) is 0 Å². The highest BCUT2D eigenvalue weighted by molar-refractivity contribution is 5.37. The van der Waals surface area contributed by atoms with Crippen LogP contribution in [0.1, 0.15) is 200 Å². The summed E-state index contributed by atoms with van der Waals surface area (Å²) in [5.41, 5.74) is 10.1. The van der Waals surface area contributed by atoms with Gasteiger partial charge < -0.3 is 0 Å². The molecule has 0 spiro atoms. The standard InChI is InChI=1S/3C14H22.3C2H6/c1-13(2,3)11-7-9-12(10-8-11)14(4,5)6;1-13(2,3)11-8-7-9-12(10-11)14(4,5)6;1-13(2,3)11-9-7-8-10-12(11)14(4,5)6;3*1-2/h3*7-10H,1-6H3;3*1-2H3. The molecule has 0 saturated heterocycles. The summed E-state index contributed by atoms with van der Waals surface area (Å²) in [5, 5.41) is 0. The maximum absolute atomic E-state index is 2.33. The Morgan fingerprint density at radius 2 is 0.479 bits per heavy atom. The van der Waals surface area contributed by atoms with Crippen molar-refractivity contribution in [2.45, 2.75) is 199 Å². The smallest absolute Gasteiger partial charge is 0.0129 e. The average Bonchev–Trinajstić information content (AvgIpc) is 2.98. The van der Waals surface area contributed by atoms with Gasteiger partial charge in [-0.3, -0.25) is 0 Å². The van der Waals surface area contributed by atoms with Gasteiger partial charge in [0.2, 0.25) is 0 Å². The molecule has 0 atom stereocenters. The molecule has 0 radical (unpaired) electrons. The molecule has 0 heterocycles. The maximum Gasteiger partial charge on any atom is -0.0129 e. The van der Waals surface area contributed by atoms with Crippen LogP contribution in [-0.2, 0) is 32.5 Å². The Morgan fingerprint density at radius 1 is 0.250 bits per heavy atom. The van der Waals surface area contributed by atoms with Crippen molar-refractivity contribution in [1.29, 1.82) is 0 Å². The van der Waals surface area contributed by atoms with Gasteiger partial charge in [0.15, 0.2) is 0 Å². The summed E-state index contributed by atoms with van der Waals surface area (Å²) < 4.78 is 0. The molecule has 0 unspecified atom stereocenters. The van der Waals surface area contributed by atoms with Crippen molar-refractivity contribution >= 4 is 0 Å². The Labute approximate surface area is 304 Å². The molecule has 3 aromatic carbocycles. The van der Waals surface area contributed by atoms with Crippen molar-refractivity contribution in [3.63, 3.8) is 0 Å². The van der Waals surface area contributed by atoms with Crippen LogP contribution in [0.15, 0.2) is 72.8 Å². The fourth-order valence-corrected chi connectivity index (χ4v) is 4.71. The van der Waals surface area contributed by atoms with E-state index in [-0.39, 0.29) is 32.5 Å². The molecule has 3 aromatic rings. The van der Waals surface area contributed by atoms with E-state index < -0.39 is 0 Å². The number of rotatable bonds is 0. The summed E-state index contributed by atoms with van der Waals surface area (Å²) in [4.78, 5) is 0. The van der Waals surface area contributed by atoms with Crippen LogP contribution in [0.3, 0.4) is 0 Å². The minimum absolute atomic E-state index is 0.240. The molecule has 0 fully saturated rings. The highest BCUT2D eigenvalue weighted by atomic mass is 14.3. The van der Waals surface area contributed by atoms with E-state index >= 15 is 0 Å². The molecular formula is C48H84. The van der Waals surface area contributed by atoms with Gasteiger partial charge in [0.1, 0.15) is 0 Å². The molecular weight excluding hydrogens is 577 g/mol. The van der Waals surface area contributed by atoms with Gasteiger partial charge in [-0.2, -0.15) is 0 Å². The molecule has 0 aliphatic carbocycles. The zero-order valence-corrected chi connectivity index (χ0v) is 36.9. The van der Waals surface area contributed by atoms with E-state index in [1.165, 1.54) is 33.4 Å². The predicted octanol–water partition coefficient (Wildman–Crippen LogP) is 15.9. The second-order valence-electron chi connectivity index (χ2n) is 18.2. The number of benzene rings is 3. The molecule has 0 aliphatic heterocycles. The van der Waals surface area contributed by atoms with Crippen LogP contribution in [0.4, 0.5) is 0 Å². The van der Waals surface area contributed by atoms with E-state index in [4.69, 9.17) is 0 Å². The SMILES string of the molecule is CC.CC.CC.CC(C)(C)c1ccc(C(C)(C)C)cc1.CC(C)(C)c1cccc(C(C)(C)C)c1.CC(C)(C)c1ccccc1C(C)(C)C. The molecule has 0 heteroatoms. The highest BCUT2D eigenvalue weighted by Gasteiger charge is 2.24. The molecule has 0 aromatic heterocycles. The van der Waals surface area contributed by atoms with Crippen molar-refractivity contribution < 1.29 is 0 Å². The Morgan fingerprint density at radius 3 is 0.667 bits per heavy atom. The maximum atomic E-state index is 2.33. The first-order chi connectivity index (χ1) is 21.6. The van der Waals surface area contributed by atoms with Crippen LogP contribution in [0, 0.1) is 0 Å². The van der Waals surface area contributed by atoms with Gasteiger partial charge in [-0.1, -0.05) is 239 Å². The van der Waals surface area contributed by atoms with Gasteiger partial charge >= 0.3 is 0 Å². The lowest BCUT2D eigenvalue weighted by molar-refractivity contribution is 0.530. The molecule has 0 nitrogen and oxygen atoms in total. The van der Waals surface area contributed by atoms with Crippen LogP contribution in [0.25, 0.3) is 0 Å². The van der Waals surface area contributed by atoms with Crippen LogP contribution in [0.5, 0.6) is 0 Å². The van der Waals surface area contributed by atoms with E-state index in [2.05, 4.69) is 197 Å². The number of hydrogen-bond donors (Lipinski definition) is 0. The van der Waals surface area contributed by atoms with Crippen LogP contribution in [-0.4, -0.2) is 0 Å². The lowest BCUT2D eigenvalue weighted by atomic mass is 9.75. The third-order valence-corrected chi connectivity index (χ3v) is 7.75. The molecule has 0 saturated carbocycles. The summed E-state index contributed by atoms with van der Waals surface area (Å²) in [7, 11) is 0.